The number of para-hydroxylation sites is 1. The van der Waals surface area contributed by atoms with E-state index in [0.29, 0.717) is 12.0 Å². The third-order valence-corrected chi connectivity index (χ3v) is 3.35. The molecule has 3 rings (SSSR count). The molecule has 15 heavy (non-hydrogen) atoms. The van der Waals surface area contributed by atoms with Gasteiger partial charge in [-0.05, 0) is 11.6 Å². The summed E-state index contributed by atoms with van der Waals surface area (Å²) in [6.45, 7) is 2.21. The van der Waals surface area contributed by atoms with Crippen LogP contribution in [0.5, 0.6) is 0 Å². The van der Waals surface area contributed by atoms with E-state index in [-0.39, 0.29) is 0 Å². The van der Waals surface area contributed by atoms with Crippen LogP contribution < -0.4 is 5.32 Å². The number of hydrogen-bond donors (Lipinski definition) is 1. The van der Waals surface area contributed by atoms with Gasteiger partial charge in [-0.25, -0.2) is 0 Å². The van der Waals surface area contributed by atoms with Crippen LogP contribution in [0.4, 0.5) is 5.69 Å². The highest BCUT2D eigenvalue weighted by atomic mass is 15.0. The zero-order chi connectivity index (χ0) is 10.3. The predicted molar refractivity (Wildman–Crippen MR) is 66.8 cm³/mol. The van der Waals surface area contributed by atoms with Crippen LogP contribution in [0.25, 0.3) is 0 Å². The molecule has 74 valence electrons. The maximum atomic E-state index is 3.55. The topological polar surface area (TPSA) is 12.0 Å². The van der Waals surface area contributed by atoms with E-state index in [4.69, 9.17) is 0 Å². The summed E-state index contributed by atoms with van der Waals surface area (Å²) in [5.74, 6) is 0.543. The van der Waals surface area contributed by atoms with Gasteiger partial charge in [0.25, 0.3) is 0 Å². The maximum absolute atomic E-state index is 3.55. The summed E-state index contributed by atoms with van der Waals surface area (Å²) in [5, 5.41) is 3.55. The first-order chi connectivity index (χ1) is 7.38. The highest BCUT2D eigenvalue weighted by Gasteiger charge is 2.29. The van der Waals surface area contributed by atoms with E-state index in [1.807, 2.05) is 0 Å². The number of rotatable bonds is 1. The largest absolute Gasteiger partial charge is 0.378 e. The molecule has 0 spiro atoms. The van der Waals surface area contributed by atoms with E-state index < -0.39 is 0 Å². The van der Waals surface area contributed by atoms with Crippen LogP contribution in [0.15, 0.2) is 48.0 Å². The van der Waals surface area contributed by atoms with E-state index in [0.717, 1.165) is 7.28 Å². The van der Waals surface area contributed by atoms with Gasteiger partial charge in [-0.3, -0.25) is 0 Å². The zero-order valence-electron chi connectivity index (χ0n) is 8.90. The van der Waals surface area contributed by atoms with Gasteiger partial charge in [0, 0.05) is 11.6 Å². The monoisotopic (exact) mass is 195 g/mol. The summed E-state index contributed by atoms with van der Waals surface area (Å²) >= 11 is 0. The van der Waals surface area contributed by atoms with E-state index >= 15 is 0 Å². The molecule has 0 saturated carbocycles. The molecule has 0 amide bonds. The second-order valence-corrected chi connectivity index (χ2v) is 4.24. The van der Waals surface area contributed by atoms with Crippen molar-refractivity contribution in [1.82, 2.24) is 0 Å². The predicted octanol–water partition coefficient (Wildman–Crippen LogP) is 2.50. The molecule has 2 unspecified atom stereocenters. The molecule has 0 radical (unpaired) electrons. The Kier molecular flexibility index (Phi) is 1.95. The van der Waals surface area contributed by atoms with Gasteiger partial charge in [0.15, 0.2) is 7.28 Å². The quantitative estimate of drug-likeness (QED) is 0.679. The second kappa shape index (κ2) is 3.30. The molecule has 0 saturated heterocycles. The smallest absolute Gasteiger partial charge is 0.154 e. The minimum atomic E-state index is 0.470. The van der Waals surface area contributed by atoms with Crippen LogP contribution in [-0.4, -0.2) is 13.3 Å². The van der Waals surface area contributed by atoms with Crippen molar-refractivity contribution < 1.29 is 0 Å². The molecule has 1 aromatic carbocycles. The van der Waals surface area contributed by atoms with Crippen molar-refractivity contribution >= 4 is 13.0 Å². The third-order valence-electron chi connectivity index (χ3n) is 3.35. The first-order valence-electron chi connectivity index (χ1n) is 5.63. The minimum Gasteiger partial charge on any atom is -0.378 e. The molecule has 2 aliphatic rings. The van der Waals surface area contributed by atoms with Crippen LogP contribution in [0.1, 0.15) is 11.5 Å². The summed E-state index contributed by atoms with van der Waals surface area (Å²) in [6, 6.07) is 9.09. The molecule has 1 N–H and O–H groups in total. The maximum Gasteiger partial charge on any atom is 0.154 e. The van der Waals surface area contributed by atoms with Gasteiger partial charge in [-0.1, -0.05) is 48.7 Å². The van der Waals surface area contributed by atoms with Gasteiger partial charge in [0.05, 0.1) is 6.04 Å². The summed E-state index contributed by atoms with van der Waals surface area (Å²) < 4.78 is 0. The van der Waals surface area contributed by atoms with Crippen molar-refractivity contribution in [3.05, 3.63) is 53.5 Å². The third kappa shape index (κ3) is 1.32. The van der Waals surface area contributed by atoms with Crippen molar-refractivity contribution in [1.29, 1.82) is 0 Å². The fraction of sp³-hybridized carbons (Fsp3) is 0.231. The number of nitrogens with one attached hydrogen (secondary N) is 1. The van der Waals surface area contributed by atoms with Crippen LogP contribution in [-0.2, 0) is 0 Å². The van der Waals surface area contributed by atoms with Crippen molar-refractivity contribution in [2.75, 3.05) is 5.32 Å². The van der Waals surface area contributed by atoms with Crippen molar-refractivity contribution in [3.63, 3.8) is 0 Å². The lowest BCUT2D eigenvalue weighted by atomic mass is 9.68. The molecule has 0 bridgehead atoms. The fourth-order valence-corrected chi connectivity index (χ4v) is 2.49. The fourth-order valence-electron chi connectivity index (χ4n) is 2.49. The average molecular weight is 195 g/mol. The molecule has 1 nitrogen and oxygen atoms in total. The lowest BCUT2D eigenvalue weighted by Crippen LogP contribution is -2.19. The highest BCUT2D eigenvalue weighted by molar-refractivity contribution is 6.44. The number of allylic oxidation sites excluding steroid dienone is 2. The lowest BCUT2D eigenvalue weighted by Gasteiger charge is -2.19. The Balaban J connectivity index is 2.04. The Labute approximate surface area is 91.1 Å². The molecular weight excluding hydrogens is 181 g/mol. The van der Waals surface area contributed by atoms with Gasteiger partial charge < -0.3 is 5.32 Å². The Morgan fingerprint density at radius 3 is 3.00 bits per heavy atom. The number of fused-ring (bicyclic) bond motifs is 3. The van der Waals surface area contributed by atoms with Crippen molar-refractivity contribution in [3.8, 4) is 0 Å². The van der Waals surface area contributed by atoms with Gasteiger partial charge in [0.2, 0.25) is 0 Å². The Morgan fingerprint density at radius 2 is 2.13 bits per heavy atom. The summed E-state index contributed by atoms with van der Waals surface area (Å²) in [6.07, 6.45) is 6.95. The number of benzene rings is 1. The number of anilines is 1. The lowest BCUT2D eigenvalue weighted by molar-refractivity contribution is 0.802. The van der Waals surface area contributed by atoms with Crippen LogP contribution in [0.2, 0.25) is 6.82 Å². The van der Waals surface area contributed by atoms with E-state index in [9.17, 15) is 0 Å². The number of hydrogen-bond acceptors (Lipinski definition) is 1. The molecule has 1 aliphatic carbocycles. The Hall–Kier alpha value is -1.44. The molecule has 2 atom stereocenters. The van der Waals surface area contributed by atoms with Gasteiger partial charge in [0.1, 0.15) is 0 Å². The van der Waals surface area contributed by atoms with Crippen LogP contribution in [0, 0.1) is 0 Å². The molecule has 1 aromatic rings. The minimum absolute atomic E-state index is 0.470. The van der Waals surface area contributed by atoms with Crippen molar-refractivity contribution in [2.24, 2.45) is 0 Å². The van der Waals surface area contributed by atoms with E-state index in [1.165, 1.54) is 16.7 Å². The highest BCUT2D eigenvalue weighted by Crippen LogP contribution is 2.39. The Morgan fingerprint density at radius 1 is 1.27 bits per heavy atom. The molecular formula is C13H14BN. The first-order valence-corrected chi connectivity index (χ1v) is 5.63. The normalized spacial score (nSPS) is 26.3. The average Bonchev–Trinajstić information content (AvgIpc) is 2.66. The SMILES string of the molecule is CBC1=CC2c3ccccc3NC2C=C1. The zero-order valence-corrected chi connectivity index (χ0v) is 8.90. The van der Waals surface area contributed by atoms with E-state index in [1.54, 1.807) is 0 Å². The van der Waals surface area contributed by atoms with Crippen LogP contribution in [0.3, 0.4) is 0 Å². The summed E-state index contributed by atoms with van der Waals surface area (Å²) in [7, 11) is 1.13. The van der Waals surface area contributed by atoms with E-state index in [2.05, 4.69) is 54.6 Å². The van der Waals surface area contributed by atoms with Gasteiger partial charge in [-0.15, -0.1) is 0 Å². The first kappa shape index (κ1) is 8.84. The second-order valence-electron chi connectivity index (χ2n) is 4.24. The van der Waals surface area contributed by atoms with Crippen LogP contribution >= 0.6 is 0 Å². The summed E-state index contributed by atoms with van der Waals surface area (Å²) in [5.41, 5.74) is 4.19. The van der Waals surface area contributed by atoms with Gasteiger partial charge >= 0.3 is 0 Å². The molecule has 0 aromatic heterocycles. The molecule has 2 heteroatoms. The molecule has 0 fully saturated rings. The standard InChI is InChI=1S/C13H14BN/c1-14-9-6-7-13-11(8-9)10-4-2-3-5-12(10)15-13/h2-8,11,13-15H,1H3. The van der Waals surface area contributed by atoms with Gasteiger partial charge in [-0.2, -0.15) is 0 Å². The summed E-state index contributed by atoms with van der Waals surface area (Å²) in [4.78, 5) is 0. The molecule has 1 heterocycles. The molecule has 1 aliphatic heterocycles. The Bertz CT molecular complexity index is 448. The van der Waals surface area contributed by atoms with Crippen molar-refractivity contribution in [2.45, 2.75) is 18.8 Å².